The molecule has 0 radical (unpaired) electrons. The Hall–Kier alpha value is -1.10. The summed E-state index contributed by atoms with van der Waals surface area (Å²) in [4.78, 5) is 11.8. The van der Waals surface area contributed by atoms with Gasteiger partial charge in [0, 0.05) is 6.42 Å². The molecule has 0 aromatic rings. The highest BCUT2D eigenvalue weighted by Crippen LogP contribution is 2.71. The van der Waals surface area contributed by atoms with Crippen molar-refractivity contribution in [3.8, 4) is 6.07 Å². The SMILES string of the molecule is C[C@]12CC[C@H]3[C@@H]([C@@H]4C[C@@H]4C4=CC(=O)CC[C@@H]43)[C@@H]1CCC2C#N. The highest BCUT2D eigenvalue weighted by Gasteiger charge is 2.64. The molecule has 0 saturated heterocycles. The van der Waals surface area contributed by atoms with Crippen molar-refractivity contribution in [2.24, 2.45) is 46.8 Å². The fraction of sp³-hybridized carbons (Fsp3) is 0.800. The maximum Gasteiger partial charge on any atom is 0.155 e. The van der Waals surface area contributed by atoms with Gasteiger partial charge in [-0.2, -0.15) is 5.26 Å². The molecule has 0 aliphatic heterocycles. The zero-order chi connectivity index (χ0) is 15.1. The molecule has 0 spiro atoms. The Morgan fingerprint density at radius 3 is 2.86 bits per heavy atom. The van der Waals surface area contributed by atoms with E-state index in [0.29, 0.717) is 17.6 Å². The van der Waals surface area contributed by atoms with Gasteiger partial charge in [0.15, 0.2) is 5.78 Å². The van der Waals surface area contributed by atoms with Crippen molar-refractivity contribution in [2.45, 2.75) is 51.9 Å². The molecule has 0 aromatic heterocycles. The Balaban J connectivity index is 1.52. The van der Waals surface area contributed by atoms with Crippen molar-refractivity contribution in [2.75, 3.05) is 0 Å². The van der Waals surface area contributed by atoms with Crippen molar-refractivity contribution in [1.82, 2.24) is 0 Å². The number of rotatable bonds is 0. The number of ketones is 1. The van der Waals surface area contributed by atoms with E-state index in [2.05, 4.69) is 13.0 Å². The first-order chi connectivity index (χ1) is 10.6. The Labute approximate surface area is 133 Å². The van der Waals surface area contributed by atoms with Crippen molar-refractivity contribution in [3.63, 3.8) is 0 Å². The molecule has 4 saturated carbocycles. The summed E-state index contributed by atoms with van der Waals surface area (Å²) >= 11 is 0. The Kier molecular flexibility index (Phi) is 2.58. The lowest BCUT2D eigenvalue weighted by molar-refractivity contribution is -0.116. The van der Waals surface area contributed by atoms with Crippen LogP contribution in [-0.2, 0) is 4.79 Å². The van der Waals surface area contributed by atoms with Gasteiger partial charge in [-0.05, 0) is 85.5 Å². The summed E-state index contributed by atoms with van der Waals surface area (Å²) in [6, 6.07) is 2.63. The van der Waals surface area contributed by atoms with Gasteiger partial charge in [0.25, 0.3) is 0 Å². The van der Waals surface area contributed by atoms with Crippen LogP contribution in [0.3, 0.4) is 0 Å². The molecule has 2 nitrogen and oxygen atoms in total. The second-order valence-corrected chi connectivity index (χ2v) is 8.91. The molecule has 5 aliphatic rings. The Morgan fingerprint density at radius 1 is 1.18 bits per heavy atom. The minimum absolute atomic E-state index is 0.286. The lowest BCUT2D eigenvalue weighted by Crippen LogP contribution is -2.47. The minimum Gasteiger partial charge on any atom is -0.295 e. The van der Waals surface area contributed by atoms with E-state index in [0.717, 1.165) is 48.9 Å². The topological polar surface area (TPSA) is 40.9 Å². The van der Waals surface area contributed by atoms with Gasteiger partial charge < -0.3 is 0 Å². The number of hydrogen-bond donors (Lipinski definition) is 0. The largest absolute Gasteiger partial charge is 0.295 e. The number of allylic oxidation sites excluding steroid dienone is 1. The summed E-state index contributed by atoms with van der Waals surface area (Å²) in [7, 11) is 0. The molecule has 8 atom stereocenters. The molecule has 1 unspecified atom stereocenters. The molecule has 5 aliphatic carbocycles. The van der Waals surface area contributed by atoms with Gasteiger partial charge in [0.05, 0.1) is 12.0 Å². The molecule has 4 fully saturated rings. The molecule has 2 heteroatoms. The summed E-state index contributed by atoms with van der Waals surface area (Å²) in [6.45, 7) is 2.42. The fourth-order valence-electron chi connectivity index (χ4n) is 7.22. The van der Waals surface area contributed by atoms with Crippen molar-refractivity contribution >= 4 is 5.78 Å². The van der Waals surface area contributed by atoms with Crippen LogP contribution < -0.4 is 0 Å². The van der Waals surface area contributed by atoms with E-state index < -0.39 is 0 Å². The molecular weight excluding hydrogens is 270 g/mol. The minimum atomic E-state index is 0.286. The highest BCUT2D eigenvalue weighted by atomic mass is 16.1. The summed E-state index contributed by atoms with van der Waals surface area (Å²) in [5.74, 6) is 5.42. The molecule has 0 aromatic carbocycles. The third-order valence-electron chi connectivity index (χ3n) is 8.28. The second kappa shape index (κ2) is 4.25. The predicted octanol–water partition coefficient (Wildman–Crippen LogP) is 4.12. The lowest BCUT2D eigenvalue weighted by Gasteiger charge is -2.53. The van der Waals surface area contributed by atoms with Crippen LogP contribution in [-0.4, -0.2) is 5.78 Å². The third-order valence-corrected chi connectivity index (χ3v) is 8.28. The third kappa shape index (κ3) is 1.53. The first kappa shape index (κ1) is 13.3. The van der Waals surface area contributed by atoms with Gasteiger partial charge in [0.2, 0.25) is 0 Å². The number of nitrogens with zero attached hydrogens (tertiary/aromatic N) is 1. The molecule has 5 rings (SSSR count). The Bertz CT molecular complexity index is 614. The van der Waals surface area contributed by atoms with Crippen LogP contribution in [0.4, 0.5) is 0 Å². The first-order valence-corrected chi connectivity index (χ1v) is 9.27. The maximum atomic E-state index is 11.8. The van der Waals surface area contributed by atoms with E-state index in [1.165, 1.54) is 25.7 Å². The zero-order valence-corrected chi connectivity index (χ0v) is 13.4. The molecule has 0 N–H and O–H groups in total. The number of hydrogen-bond acceptors (Lipinski definition) is 2. The number of carbonyl (C=O) groups excluding carboxylic acids is 1. The summed E-state index contributed by atoms with van der Waals surface area (Å²) in [5, 5.41) is 9.56. The summed E-state index contributed by atoms with van der Waals surface area (Å²) in [6.07, 6.45) is 10.2. The van der Waals surface area contributed by atoms with E-state index in [1.807, 2.05) is 6.08 Å². The fourth-order valence-corrected chi connectivity index (χ4v) is 7.22. The van der Waals surface area contributed by atoms with Crippen LogP contribution in [0.1, 0.15) is 51.9 Å². The van der Waals surface area contributed by atoms with E-state index in [-0.39, 0.29) is 5.41 Å². The smallest absolute Gasteiger partial charge is 0.155 e. The molecular formula is C20H25NO. The van der Waals surface area contributed by atoms with Crippen LogP contribution >= 0.6 is 0 Å². The van der Waals surface area contributed by atoms with Gasteiger partial charge in [-0.15, -0.1) is 0 Å². The quantitative estimate of drug-likeness (QED) is 0.674. The van der Waals surface area contributed by atoms with Crippen LogP contribution in [0, 0.1) is 58.2 Å². The number of nitriles is 1. The molecule has 116 valence electrons. The highest BCUT2D eigenvalue weighted by molar-refractivity contribution is 5.91. The van der Waals surface area contributed by atoms with E-state index in [9.17, 15) is 10.1 Å². The van der Waals surface area contributed by atoms with E-state index in [4.69, 9.17) is 0 Å². The van der Waals surface area contributed by atoms with E-state index >= 15 is 0 Å². The summed E-state index contributed by atoms with van der Waals surface area (Å²) in [5.41, 5.74) is 1.83. The van der Waals surface area contributed by atoms with Crippen molar-refractivity contribution in [3.05, 3.63) is 11.6 Å². The van der Waals surface area contributed by atoms with E-state index in [1.54, 1.807) is 5.57 Å². The average Bonchev–Trinajstić information content (AvgIpc) is 3.23. The average molecular weight is 295 g/mol. The van der Waals surface area contributed by atoms with Gasteiger partial charge in [-0.3, -0.25) is 4.79 Å². The van der Waals surface area contributed by atoms with Crippen molar-refractivity contribution < 1.29 is 4.79 Å². The monoisotopic (exact) mass is 295 g/mol. The number of fused-ring (bicyclic) bond motifs is 8. The lowest BCUT2D eigenvalue weighted by atomic mass is 9.51. The van der Waals surface area contributed by atoms with Crippen molar-refractivity contribution in [1.29, 1.82) is 5.26 Å². The zero-order valence-electron chi connectivity index (χ0n) is 13.4. The Morgan fingerprint density at radius 2 is 2.05 bits per heavy atom. The molecule has 0 bridgehead atoms. The van der Waals surface area contributed by atoms with Gasteiger partial charge >= 0.3 is 0 Å². The first-order valence-electron chi connectivity index (χ1n) is 9.27. The van der Waals surface area contributed by atoms with Crippen LogP contribution in [0.2, 0.25) is 0 Å². The normalized spacial score (nSPS) is 55.2. The number of carbonyl (C=O) groups is 1. The van der Waals surface area contributed by atoms with Crippen LogP contribution in [0.5, 0.6) is 0 Å². The maximum absolute atomic E-state index is 11.8. The predicted molar refractivity (Wildman–Crippen MR) is 83.6 cm³/mol. The molecule has 0 heterocycles. The van der Waals surface area contributed by atoms with Gasteiger partial charge in [-0.1, -0.05) is 12.5 Å². The van der Waals surface area contributed by atoms with Gasteiger partial charge in [0.1, 0.15) is 0 Å². The summed E-state index contributed by atoms with van der Waals surface area (Å²) < 4.78 is 0. The standard InChI is InChI=1S/C20H25NO/c1-20-7-6-14-13-4-3-12(22)8-15(13)16-9-17(16)19(14)18(20)5-2-11(20)10-21/h8,11,13-14,16-19H,2-7,9H2,1H3/t11?,13-,14-,16-,17-,18+,19+,20-/m1/s1. The molecule has 0 amide bonds. The van der Waals surface area contributed by atoms with Crippen LogP contribution in [0.15, 0.2) is 11.6 Å². The molecule has 22 heavy (non-hydrogen) atoms. The van der Waals surface area contributed by atoms with Gasteiger partial charge in [-0.25, -0.2) is 0 Å². The van der Waals surface area contributed by atoms with Crippen LogP contribution in [0.25, 0.3) is 0 Å². The second-order valence-electron chi connectivity index (χ2n) is 8.91.